The Hall–Kier alpha value is -2.04. The summed E-state index contributed by atoms with van der Waals surface area (Å²) in [4.78, 5) is 23.3. The van der Waals surface area contributed by atoms with Crippen molar-refractivity contribution in [3.05, 3.63) is 35.9 Å². The molecule has 1 aliphatic carbocycles. The van der Waals surface area contributed by atoms with E-state index < -0.39 is 18.1 Å². The van der Waals surface area contributed by atoms with E-state index in [1.807, 2.05) is 32.0 Å². The van der Waals surface area contributed by atoms with Crippen LogP contribution in [0.25, 0.3) is 0 Å². The highest BCUT2D eigenvalue weighted by molar-refractivity contribution is 5.79. The lowest BCUT2D eigenvalue weighted by atomic mass is 9.96. The van der Waals surface area contributed by atoms with Crippen LogP contribution >= 0.6 is 0 Å². The topological polar surface area (TPSA) is 75.6 Å². The molecule has 5 nitrogen and oxygen atoms in total. The van der Waals surface area contributed by atoms with E-state index in [2.05, 4.69) is 17.4 Å². The first-order valence-electron chi connectivity index (χ1n) is 8.69. The molecule has 0 saturated heterocycles. The van der Waals surface area contributed by atoms with Gasteiger partial charge in [0.15, 0.2) is 0 Å². The van der Waals surface area contributed by atoms with Crippen LogP contribution in [0.2, 0.25) is 0 Å². The normalized spacial score (nSPS) is 21.5. The molecule has 1 saturated carbocycles. The molecule has 2 N–H and O–H groups in total. The van der Waals surface area contributed by atoms with E-state index in [1.54, 1.807) is 0 Å². The van der Waals surface area contributed by atoms with Crippen molar-refractivity contribution < 1.29 is 19.4 Å². The van der Waals surface area contributed by atoms with Gasteiger partial charge < -0.3 is 15.2 Å². The summed E-state index contributed by atoms with van der Waals surface area (Å²) in [6, 6.07) is 9.27. The van der Waals surface area contributed by atoms with Gasteiger partial charge in [-0.1, -0.05) is 44.2 Å². The molecule has 1 fully saturated rings. The minimum absolute atomic E-state index is 0.140. The molecule has 0 aliphatic heterocycles. The first-order valence-corrected chi connectivity index (χ1v) is 8.69. The second kappa shape index (κ2) is 8.71. The van der Waals surface area contributed by atoms with Crippen LogP contribution in [0.3, 0.4) is 0 Å². The SMILES string of the molecule is CC(C)C[C@H](NC(=O)OC1CCCC1Cc1ccccc1)C(=O)O. The van der Waals surface area contributed by atoms with Crippen LogP contribution in [-0.2, 0) is 16.0 Å². The van der Waals surface area contributed by atoms with Crippen molar-refractivity contribution in [1.82, 2.24) is 5.32 Å². The Morgan fingerprint density at radius 3 is 2.58 bits per heavy atom. The summed E-state index contributed by atoms with van der Waals surface area (Å²) in [6.45, 7) is 3.85. The summed E-state index contributed by atoms with van der Waals surface area (Å²) in [6.07, 6.45) is 3.42. The number of aliphatic carboxylic acids is 1. The van der Waals surface area contributed by atoms with Crippen LogP contribution in [0.1, 0.15) is 45.1 Å². The van der Waals surface area contributed by atoms with Crippen LogP contribution in [-0.4, -0.2) is 29.3 Å². The first kappa shape index (κ1) is 18.3. The summed E-state index contributed by atoms with van der Waals surface area (Å²) in [7, 11) is 0. The average Bonchev–Trinajstić information content (AvgIpc) is 2.94. The molecule has 2 rings (SSSR count). The lowest BCUT2D eigenvalue weighted by molar-refractivity contribution is -0.139. The van der Waals surface area contributed by atoms with E-state index >= 15 is 0 Å². The van der Waals surface area contributed by atoms with Gasteiger partial charge >= 0.3 is 12.1 Å². The fourth-order valence-electron chi connectivity index (χ4n) is 3.31. The third-order valence-corrected chi connectivity index (χ3v) is 4.49. The lowest BCUT2D eigenvalue weighted by Gasteiger charge is -2.22. The molecule has 24 heavy (non-hydrogen) atoms. The van der Waals surface area contributed by atoms with Gasteiger partial charge in [0.25, 0.3) is 0 Å². The minimum atomic E-state index is -1.02. The van der Waals surface area contributed by atoms with Gasteiger partial charge in [-0.15, -0.1) is 0 Å². The second-order valence-electron chi connectivity index (χ2n) is 6.99. The summed E-state index contributed by atoms with van der Waals surface area (Å²) < 4.78 is 5.55. The maximum absolute atomic E-state index is 12.1. The Bertz CT molecular complexity index is 544. The predicted molar refractivity (Wildman–Crippen MR) is 91.8 cm³/mol. The highest BCUT2D eigenvalue weighted by atomic mass is 16.6. The minimum Gasteiger partial charge on any atom is -0.480 e. The molecule has 3 atom stereocenters. The third-order valence-electron chi connectivity index (χ3n) is 4.49. The number of carboxylic acid groups (broad SMARTS) is 1. The number of ether oxygens (including phenoxy) is 1. The third kappa shape index (κ3) is 5.55. The molecule has 132 valence electrons. The highest BCUT2D eigenvalue weighted by Gasteiger charge is 2.31. The quantitative estimate of drug-likeness (QED) is 0.799. The van der Waals surface area contributed by atoms with Gasteiger partial charge in [-0.05, 0) is 43.6 Å². The Morgan fingerprint density at radius 2 is 1.96 bits per heavy atom. The zero-order valence-corrected chi connectivity index (χ0v) is 14.4. The molecule has 1 aliphatic rings. The Labute approximate surface area is 143 Å². The fourth-order valence-corrected chi connectivity index (χ4v) is 3.31. The summed E-state index contributed by atoms with van der Waals surface area (Å²) in [5.41, 5.74) is 1.24. The molecule has 0 bridgehead atoms. The van der Waals surface area contributed by atoms with Gasteiger partial charge in [0.2, 0.25) is 0 Å². The molecule has 1 aromatic rings. The van der Waals surface area contributed by atoms with Crippen molar-refractivity contribution >= 4 is 12.1 Å². The van der Waals surface area contributed by atoms with E-state index in [-0.39, 0.29) is 12.0 Å². The van der Waals surface area contributed by atoms with Crippen molar-refractivity contribution in [1.29, 1.82) is 0 Å². The molecule has 0 heterocycles. The molecule has 5 heteroatoms. The number of benzene rings is 1. The average molecular weight is 333 g/mol. The monoisotopic (exact) mass is 333 g/mol. The number of carbonyl (C=O) groups excluding carboxylic acids is 1. The maximum Gasteiger partial charge on any atom is 0.408 e. The summed E-state index contributed by atoms with van der Waals surface area (Å²) >= 11 is 0. The molecule has 1 aromatic carbocycles. The van der Waals surface area contributed by atoms with Crippen LogP contribution in [0.5, 0.6) is 0 Å². The number of carboxylic acids is 1. The first-order chi connectivity index (χ1) is 11.5. The van der Waals surface area contributed by atoms with E-state index in [0.717, 1.165) is 25.7 Å². The summed E-state index contributed by atoms with van der Waals surface area (Å²) in [5.74, 6) is -0.539. The van der Waals surface area contributed by atoms with Crippen molar-refractivity contribution in [2.45, 2.75) is 58.1 Å². The van der Waals surface area contributed by atoms with E-state index in [0.29, 0.717) is 12.3 Å². The molecule has 2 unspecified atom stereocenters. The highest BCUT2D eigenvalue weighted by Crippen LogP contribution is 2.31. The number of carbonyl (C=O) groups is 2. The second-order valence-corrected chi connectivity index (χ2v) is 6.99. The number of amides is 1. The number of alkyl carbamates (subject to hydrolysis) is 1. The number of nitrogens with one attached hydrogen (secondary N) is 1. The largest absolute Gasteiger partial charge is 0.480 e. The smallest absolute Gasteiger partial charge is 0.408 e. The standard InChI is InChI=1S/C19H27NO4/c1-13(2)11-16(18(21)22)20-19(23)24-17-10-6-9-15(17)12-14-7-4-3-5-8-14/h3-5,7-8,13,15-17H,6,9-12H2,1-2H3,(H,20,23)(H,21,22)/t15?,16-,17?/m0/s1. The van der Waals surface area contributed by atoms with E-state index in [9.17, 15) is 14.7 Å². The molecule has 1 amide bonds. The Balaban J connectivity index is 1.88. The molecule has 0 aromatic heterocycles. The van der Waals surface area contributed by atoms with Crippen LogP contribution < -0.4 is 5.32 Å². The zero-order chi connectivity index (χ0) is 17.5. The van der Waals surface area contributed by atoms with Gasteiger partial charge in [-0.2, -0.15) is 0 Å². The van der Waals surface area contributed by atoms with Gasteiger partial charge in [0.1, 0.15) is 12.1 Å². The van der Waals surface area contributed by atoms with Crippen LogP contribution in [0, 0.1) is 11.8 Å². The number of rotatable bonds is 7. The predicted octanol–water partition coefficient (Wildman–Crippen LogP) is 3.62. The maximum atomic E-state index is 12.1. The van der Waals surface area contributed by atoms with E-state index in [4.69, 9.17) is 4.74 Å². The Morgan fingerprint density at radius 1 is 1.25 bits per heavy atom. The van der Waals surface area contributed by atoms with Crippen LogP contribution in [0.4, 0.5) is 4.79 Å². The molecular formula is C19H27NO4. The van der Waals surface area contributed by atoms with Crippen molar-refractivity contribution in [2.24, 2.45) is 11.8 Å². The summed E-state index contributed by atoms with van der Waals surface area (Å²) in [5, 5.41) is 11.7. The lowest BCUT2D eigenvalue weighted by Crippen LogP contribution is -2.43. The van der Waals surface area contributed by atoms with Crippen LogP contribution in [0.15, 0.2) is 30.3 Å². The molecular weight excluding hydrogens is 306 g/mol. The zero-order valence-electron chi connectivity index (χ0n) is 14.4. The Kier molecular flexibility index (Phi) is 6.64. The van der Waals surface area contributed by atoms with Crippen molar-refractivity contribution in [3.63, 3.8) is 0 Å². The fraction of sp³-hybridized carbons (Fsp3) is 0.579. The molecule has 0 radical (unpaired) electrons. The van der Waals surface area contributed by atoms with Gasteiger partial charge in [-0.25, -0.2) is 9.59 Å². The molecule has 0 spiro atoms. The van der Waals surface area contributed by atoms with Crippen molar-refractivity contribution in [2.75, 3.05) is 0 Å². The number of hydrogen-bond acceptors (Lipinski definition) is 3. The van der Waals surface area contributed by atoms with E-state index in [1.165, 1.54) is 5.56 Å². The van der Waals surface area contributed by atoms with Gasteiger partial charge in [0.05, 0.1) is 0 Å². The van der Waals surface area contributed by atoms with Gasteiger partial charge in [-0.3, -0.25) is 0 Å². The number of hydrogen-bond donors (Lipinski definition) is 2. The van der Waals surface area contributed by atoms with Gasteiger partial charge in [0, 0.05) is 5.92 Å². The van der Waals surface area contributed by atoms with Crippen molar-refractivity contribution in [3.8, 4) is 0 Å².